The van der Waals surface area contributed by atoms with Crippen LogP contribution in [0.15, 0.2) is 24.3 Å². The average Bonchev–Trinajstić information content (AvgIpc) is 2.03. The van der Waals surface area contributed by atoms with Gasteiger partial charge < -0.3 is 10.8 Å². The van der Waals surface area contributed by atoms with E-state index >= 15 is 0 Å². The van der Waals surface area contributed by atoms with E-state index in [9.17, 15) is 4.79 Å². The van der Waals surface area contributed by atoms with E-state index in [0.29, 0.717) is 0 Å². The van der Waals surface area contributed by atoms with Gasteiger partial charge in [0.05, 0.1) is 6.42 Å². The van der Waals surface area contributed by atoms with Crippen LogP contribution in [0.25, 0.3) is 0 Å². The summed E-state index contributed by atoms with van der Waals surface area (Å²) in [5, 5.41) is 8.56. The van der Waals surface area contributed by atoms with Crippen molar-refractivity contribution in [3.05, 3.63) is 35.4 Å². The van der Waals surface area contributed by atoms with Gasteiger partial charge in [0, 0.05) is 6.04 Å². The zero-order chi connectivity index (χ0) is 9.84. The standard InChI is InChI=1S/C10H13NO2/c1-7-4-2-3-5-8(7)9(11)6-10(12)13/h2-5,9H,6,11H2,1H3,(H,12,13)/t9-/m1/s1. The molecule has 0 spiro atoms. The third-order valence-corrected chi connectivity index (χ3v) is 1.98. The Morgan fingerprint density at radius 3 is 2.69 bits per heavy atom. The molecular weight excluding hydrogens is 166 g/mol. The number of aryl methyl sites for hydroxylation is 1. The molecule has 3 N–H and O–H groups in total. The highest BCUT2D eigenvalue weighted by atomic mass is 16.4. The Morgan fingerprint density at radius 1 is 1.54 bits per heavy atom. The molecule has 0 amide bonds. The topological polar surface area (TPSA) is 63.3 Å². The quantitative estimate of drug-likeness (QED) is 0.738. The molecule has 0 aliphatic heterocycles. The van der Waals surface area contributed by atoms with E-state index in [-0.39, 0.29) is 6.42 Å². The number of hydrogen-bond donors (Lipinski definition) is 2. The Labute approximate surface area is 77.2 Å². The molecule has 3 nitrogen and oxygen atoms in total. The third-order valence-electron chi connectivity index (χ3n) is 1.98. The molecule has 0 aliphatic rings. The lowest BCUT2D eigenvalue weighted by atomic mass is 10.00. The van der Waals surface area contributed by atoms with Crippen LogP contribution in [0, 0.1) is 6.92 Å². The summed E-state index contributed by atoms with van der Waals surface area (Å²) in [6.07, 6.45) is -0.0230. The summed E-state index contributed by atoms with van der Waals surface area (Å²) in [6, 6.07) is 7.16. The van der Waals surface area contributed by atoms with Crippen molar-refractivity contribution in [2.45, 2.75) is 19.4 Å². The van der Waals surface area contributed by atoms with Crippen LogP contribution in [-0.4, -0.2) is 11.1 Å². The van der Waals surface area contributed by atoms with E-state index in [2.05, 4.69) is 0 Å². The Morgan fingerprint density at radius 2 is 2.15 bits per heavy atom. The van der Waals surface area contributed by atoms with Gasteiger partial charge in [-0.2, -0.15) is 0 Å². The lowest BCUT2D eigenvalue weighted by molar-refractivity contribution is -0.137. The van der Waals surface area contributed by atoms with Crippen molar-refractivity contribution in [3.8, 4) is 0 Å². The van der Waals surface area contributed by atoms with Gasteiger partial charge in [-0.3, -0.25) is 4.79 Å². The second-order valence-electron chi connectivity index (χ2n) is 3.06. The van der Waals surface area contributed by atoms with Crippen LogP contribution in [-0.2, 0) is 4.79 Å². The van der Waals surface area contributed by atoms with Gasteiger partial charge in [0.25, 0.3) is 0 Å². The van der Waals surface area contributed by atoms with Crippen molar-refractivity contribution in [3.63, 3.8) is 0 Å². The molecule has 0 aliphatic carbocycles. The first-order chi connectivity index (χ1) is 6.11. The lowest BCUT2D eigenvalue weighted by Crippen LogP contribution is -2.15. The minimum Gasteiger partial charge on any atom is -0.481 e. The molecule has 0 heterocycles. The number of carbonyl (C=O) groups is 1. The van der Waals surface area contributed by atoms with Crippen molar-refractivity contribution in [2.75, 3.05) is 0 Å². The summed E-state index contributed by atoms with van der Waals surface area (Å²) in [4.78, 5) is 10.4. The van der Waals surface area contributed by atoms with Gasteiger partial charge in [0.1, 0.15) is 0 Å². The van der Waals surface area contributed by atoms with Gasteiger partial charge in [-0.05, 0) is 18.1 Å². The fraction of sp³-hybridized carbons (Fsp3) is 0.300. The lowest BCUT2D eigenvalue weighted by Gasteiger charge is -2.11. The van der Waals surface area contributed by atoms with Gasteiger partial charge in [-0.1, -0.05) is 24.3 Å². The Bertz CT molecular complexity index is 310. The monoisotopic (exact) mass is 179 g/mol. The summed E-state index contributed by atoms with van der Waals surface area (Å²) in [5.74, 6) is -0.865. The molecule has 0 aromatic heterocycles. The van der Waals surface area contributed by atoms with Gasteiger partial charge in [0.15, 0.2) is 0 Å². The molecule has 0 saturated heterocycles. The normalized spacial score (nSPS) is 12.5. The van der Waals surface area contributed by atoms with Crippen molar-refractivity contribution >= 4 is 5.97 Å². The van der Waals surface area contributed by atoms with Gasteiger partial charge in [-0.15, -0.1) is 0 Å². The summed E-state index contributed by atoms with van der Waals surface area (Å²) >= 11 is 0. The van der Waals surface area contributed by atoms with Crippen molar-refractivity contribution in [2.24, 2.45) is 5.73 Å². The maximum Gasteiger partial charge on any atom is 0.305 e. The predicted octanol–water partition coefficient (Wildman–Crippen LogP) is 1.47. The molecule has 1 aromatic carbocycles. The number of rotatable bonds is 3. The molecule has 0 radical (unpaired) electrons. The minimum absolute atomic E-state index is 0.0230. The maximum absolute atomic E-state index is 10.4. The molecule has 1 aromatic rings. The smallest absolute Gasteiger partial charge is 0.305 e. The number of hydrogen-bond acceptors (Lipinski definition) is 2. The summed E-state index contributed by atoms with van der Waals surface area (Å²) in [7, 11) is 0. The molecule has 1 atom stereocenters. The number of carboxylic acid groups (broad SMARTS) is 1. The van der Waals surface area contributed by atoms with Crippen molar-refractivity contribution < 1.29 is 9.90 Å². The van der Waals surface area contributed by atoms with Gasteiger partial charge in [-0.25, -0.2) is 0 Å². The molecular formula is C10H13NO2. The van der Waals surface area contributed by atoms with Crippen LogP contribution < -0.4 is 5.73 Å². The summed E-state index contributed by atoms with van der Waals surface area (Å²) < 4.78 is 0. The average molecular weight is 179 g/mol. The van der Waals surface area contributed by atoms with Crippen LogP contribution in [0.1, 0.15) is 23.6 Å². The zero-order valence-corrected chi connectivity index (χ0v) is 7.53. The Kier molecular flexibility index (Phi) is 3.03. The first-order valence-corrected chi connectivity index (χ1v) is 4.14. The van der Waals surface area contributed by atoms with Gasteiger partial charge in [0.2, 0.25) is 0 Å². The number of nitrogens with two attached hydrogens (primary N) is 1. The third kappa shape index (κ3) is 2.56. The van der Waals surface area contributed by atoms with E-state index in [1.165, 1.54) is 0 Å². The fourth-order valence-electron chi connectivity index (χ4n) is 1.30. The number of benzene rings is 1. The van der Waals surface area contributed by atoms with Crippen LogP contribution in [0.4, 0.5) is 0 Å². The highest BCUT2D eigenvalue weighted by Crippen LogP contribution is 2.17. The molecule has 13 heavy (non-hydrogen) atoms. The molecule has 3 heteroatoms. The first kappa shape index (κ1) is 9.74. The second kappa shape index (κ2) is 4.05. The minimum atomic E-state index is -0.865. The molecule has 0 saturated carbocycles. The molecule has 0 bridgehead atoms. The summed E-state index contributed by atoms with van der Waals surface area (Å²) in [5.41, 5.74) is 7.66. The Hall–Kier alpha value is -1.35. The van der Waals surface area contributed by atoms with Crippen molar-refractivity contribution in [1.82, 2.24) is 0 Å². The fourth-order valence-corrected chi connectivity index (χ4v) is 1.30. The largest absolute Gasteiger partial charge is 0.481 e. The molecule has 0 fully saturated rings. The van der Waals surface area contributed by atoms with Crippen LogP contribution in [0.5, 0.6) is 0 Å². The highest BCUT2D eigenvalue weighted by Gasteiger charge is 2.11. The predicted molar refractivity (Wildman–Crippen MR) is 50.4 cm³/mol. The van der Waals surface area contributed by atoms with E-state index in [4.69, 9.17) is 10.8 Å². The SMILES string of the molecule is Cc1ccccc1[C@H](N)CC(=O)O. The summed E-state index contributed by atoms with van der Waals surface area (Å²) in [6.45, 7) is 1.93. The van der Waals surface area contributed by atoms with E-state index in [1.54, 1.807) is 0 Å². The number of aliphatic carboxylic acids is 1. The zero-order valence-electron chi connectivity index (χ0n) is 7.53. The second-order valence-corrected chi connectivity index (χ2v) is 3.06. The molecule has 1 rings (SSSR count). The van der Waals surface area contributed by atoms with E-state index < -0.39 is 12.0 Å². The van der Waals surface area contributed by atoms with E-state index in [1.807, 2.05) is 31.2 Å². The van der Waals surface area contributed by atoms with Crippen LogP contribution >= 0.6 is 0 Å². The van der Waals surface area contributed by atoms with Crippen molar-refractivity contribution in [1.29, 1.82) is 0 Å². The van der Waals surface area contributed by atoms with Crippen LogP contribution in [0.2, 0.25) is 0 Å². The number of carboxylic acids is 1. The molecule has 70 valence electrons. The van der Waals surface area contributed by atoms with E-state index in [0.717, 1.165) is 11.1 Å². The highest BCUT2D eigenvalue weighted by molar-refractivity contribution is 5.68. The van der Waals surface area contributed by atoms with Crippen LogP contribution in [0.3, 0.4) is 0 Å². The first-order valence-electron chi connectivity index (χ1n) is 4.14. The van der Waals surface area contributed by atoms with Gasteiger partial charge >= 0.3 is 5.97 Å². The Balaban J connectivity index is 2.82. The molecule has 0 unspecified atom stereocenters. The maximum atomic E-state index is 10.4.